The average Bonchev–Trinajstić information content (AvgIpc) is 3.10. The standard InChI is InChI=1S/C25H32N6O4S/c1-14(2)36(34,35)30-11-9-17(10-12-30)13-31-16(4)20(15(3)29-31)22-21(24(26)32)18-7-5-6-8-19(18)28-23(22)25(27)33/h5-8,14,17H,9-13H2,1-4H3,(H2,26,32)(H2,27,33). The third-order valence-electron chi connectivity index (χ3n) is 6.96. The molecule has 4 N–H and O–H groups in total. The SMILES string of the molecule is Cc1nn(CC2CCN(S(=O)(=O)C(C)C)CC2)c(C)c1-c1c(C(N)=O)nc2ccccc2c1C(N)=O. The molecule has 1 aliphatic heterocycles. The molecule has 2 aromatic heterocycles. The Morgan fingerprint density at radius 1 is 1.06 bits per heavy atom. The first-order chi connectivity index (χ1) is 16.9. The van der Waals surface area contributed by atoms with Crippen LogP contribution in [0.2, 0.25) is 0 Å². The highest BCUT2D eigenvalue weighted by Gasteiger charge is 2.32. The topological polar surface area (TPSA) is 154 Å². The Bertz CT molecular complexity index is 1450. The van der Waals surface area contributed by atoms with Crippen molar-refractivity contribution in [2.45, 2.75) is 52.3 Å². The highest BCUT2D eigenvalue weighted by Crippen LogP contribution is 2.36. The van der Waals surface area contributed by atoms with Crippen molar-refractivity contribution in [3.8, 4) is 11.1 Å². The van der Waals surface area contributed by atoms with Crippen LogP contribution >= 0.6 is 0 Å². The normalized spacial score (nSPS) is 15.6. The number of carbonyl (C=O) groups excluding carboxylic acids is 2. The lowest BCUT2D eigenvalue weighted by molar-refractivity contribution is 0.0996. The molecule has 3 heterocycles. The van der Waals surface area contributed by atoms with E-state index < -0.39 is 27.1 Å². The number of primary amides is 2. The number of hydrogen-bond donors (Lipinski definition) is 2. The number of fused-ring (bicyclic) bond motifs is 1. The molecule has 0 atom stereocenters. The highest BCUT2D eigenvalue weighted by molar-refractivity contribution is 7.89. The zero-order chi connectivity index (χ0) is 26.4. The fourth-order valence-corrected chi connectivity index (χ4v) is 6.33. The van der Waals surface area contributed by atoms with Gasteiger partial charge < -0.3 is 11.5 Å². The van der Waals surface area contributed by atoms with Crippen LogP contribution in [0.4, 0.5) is 0 Å². The van der Waals surface area contributed by atoms with E-state index in [0.717, 1.165) is 18.5 Å². The predicted molar refractivity (Wildman–Crippen MR) is 138 cm³/mol. The van der Waals surface area contributed by atoms with Crippen LogP contribution in [-0.4, -0.2) is 57.6 Å². The summed E-state index contributed by atoms with van der Waals surface area (Å²) in [5.41, 5.74) is 14.4. The van der Waals surface area contributed by atoms with Crippen molar-refractivity contribution in [1.29, 1.82) is 0 Å². The minimum absolute atomic E-state index is 0.0274. The molecule has 0 bridgehead atoms. The monoisotopic (exact) mass is 512 g/mol. The number of amides is 2. The Balaban J connectivity index is 1.73. The fraction of sp³-hybridized carbons (Fsp3) is 0.440. The summed E-state index contributed by atoms with van der Waals surface area (Å²) in [5, 5.41) is 4.81. The van der Waals surface area contributed by atoms with Gasteiger partial charge in [0.25, 0.3) is 5.91 Å². The van der Waals surface area contributed by atoms with E-state index in [1.807, 2.05) is 11.6 Å². The van der Waals surface area contributed by atoms with E-state index in [0.29, 0.717) is 47.4 Å². The first-order valence-electron chi connectivity index (χ1n) is 12.0. The number of sulfonamides is 1. The van der Waals surface area contributed by atoms with Crippen molar-refractivity contribution in [1.82, 2.24) is 19.1 Å². The molecule has 10 nitrogen and oxygen atoms in total. The number of benzene rings is 1. The molecule has 2 amide bonds. The molecule has 3 aromatic rings. The van der Waals surface area contributed by atoms with Crippen LogP contribution in [0.1, 0.15) is 58.9 Å². The van der Waals surface area contributed by atoms with E-state index in [-0.39, 0.29) is 17.2 Å². The number of nitrogens with two attached hydrogens (primary N) is 2. The number of carbonyl (C=O) groups is 2. The highest BCUT2D eigenvalue weighted by atomic mass is 32.2. The summed E-state index contributed by atoms with van der Waals surface area (Å²) in [7, 11) is -3.27. The maximum Gasteiger partial charge on any atom is 0.267 e. The van der Waals surface area contributed by atoms with Gasteiger partial charge in [0.15, 0.2) is 0 Å². The molecule has 1 aliphatic rings. The second-order valence-electron chi connectivity index (χ2n) is 9.62. The van der Waals surface area contributed by atoms with Gasteiger partial charge in [-0.25, -0.2) is 17.7 Å². The Labute approximate surface area is 210 Å². The van der Waals surface area contributed by atoms with E-state index in [4.69, 9.17) is 16.6 Å². The Morgan fingerprint density at radius 3 is 2.28 bits per heavy atom. The third-order valence-corrected chi connectivity index (χ3v) is 9.24. The number of hydrogen-bond acceptors (Lipinski definition) is 6. The van der Waals surface area contributed by atoms with Gasteiger partial charge in [0.2, 0.25) is 15.9 Å². The van der Waals surface area contributed by atoms with Gasteiger partial charge in [0.1, 0.15) is 5.69 Å². The van der Waals surface area contributed by atoms with Crippen LogP contribution in [0.25, 0.3) is 22.0 Å². The van der Waals surface area contributed by atoms with Gasteiger partial charge >= 0.3 is 0 Å². The minimum atomic E-state index is -3.27. The zero-order valence-electron chi connectivity index (χ0n) is 21.0. The molecule has 1 aromatic carbocycles. The fourth-order valence-electron chi connectivity index (χ4n) is 5.02. The van der Waals surface area contributed by atoms with E-state index in [1.165, 1.54) is 0 Å². The van der Waals surface area contributed by atoms with Gasteiger partial charge in [-0.15, -0.1) is 0 Å². The minimum Gasteiger partial charge on any atom is -0.366 e. The van der Waals surface area contributed by atoms with Crippen LogP contribution < -0.4 is 11.5 Å². The molecular weight excluding hydrogens is 480 g/mol. The molecular formula is C25H32N6O4S. The summed E-state index contributed by atoms with van der Waals surface area (Å²) >= 11 is 0. The van der Waals surface area contributed by atoms with Crippen molar-refractivity contribution < 1.29 is 18.0 Å². The molecule has 1 fully saturated rings. The van der Waals surface area contributed by atoms with Gasteiger partial charge in [0, 0.05) is 41.8 Å². The second kappa shape index (κ2) is 9.62. The first-order valence-corrected chi connectivity index (χ1v) is 13.5. The third kappa shape index (κ3) is 4.48. The van der Waals surface area contributed by atoms with Gasteiger partial charge in [0.05, 0.1) is 22.0 Å². The first kappa shape index (κ1) is 25.8. The van der Waals surface area contributed by atoms with Crippen LogP contribution in [0.5, 0.6) is 0 Å². The summed E-state index contributed by atoms with van der Waals surface area (Å²) in [4.78, 5) is 29.6. The summed E-state index contributed by atoms with van der Waals surface area (Å²) in [6.07, 6.45) is 1.44. The summed E-state index contributed by atoms with van der Waals surface area (Å²) in [6.45, 7) is 8.61. The van der Waals surface area contributed by atoms with Crippen molar-refractivity contribution in [2.75, 3.05) is 13.1 Å². The number of para-hydroxylation sites is 1. The molecule has 36 heavy (non-hydrogen) atoms. The van der Waals surface area contributed by atoms with Crippen LogP contribution in [0, 0.1) is 19.8 Å². The number of piperidine rings is 1. The Morgan fingerprint density at radius 2 is 1.69 bits per heavy atom. The molecule has 0 radical (unpaired) electrons. The lowest BCUT2D eigenvalue weighted by Crippen LogP contribution is -2.42. The number of aryl methyl sites for hydroxylation is 1. The van der Waals surface area contributed by atoms with Crippen LogP contribution in [-0.2, 0) is 16.6 Å². The van der Waals surface area contributed by atoms with Crippen molar-refractivity contribution >= 4 is 32.7 Å². The average molecular weight is 513 g/mol. The molecule has 0 unspecified atom stereocenters. The molecule has 0 spiro atoms. The zero-order valence-corrected chi connectivity index (χ0v) is 21.8. The van der Waals surface area contributed by atoms with E-state index in [2.05, 4.69) is 4.98 Å². The van der Waals surface area contributed by atoms with Crippen molar-refractivity contribution in [3.63, 3.8) is 0 Å². The maximum atomic E-state index is 12.7. The maximum absolute atomic E-state index is 12.7. The lowest BCUT2D eigenvalue weighted by Gasteiger charge is -2.32. The summed E-state index contributed by atoms with van der Waals surface area (Å²) < 4.78 is 28.4. The van der Waals surface area contributed by atoms with Gasteiger partial charge in [-0.2, -0.15) is 5.10 Å². The lowest BCUT2D eigenvalue weighted by atomic mass is 9.92. The quantitative estimate of drug-likeness (QED) is 0.495. The van der Waals surface area contributed by atoms with E-state index in [1.54, 1.807) is 49.3 Å². The summed E-state index contributed by atoms with van der Waals surface area (Å²) in [5.74, 6) is -1.21. The van der Waals surface area contributed by atoms with Crippen molar-refractivity contribution in [3.05, 3.63) is 46.9 Å². The largest absolute Gasteiger partial charge is 0.366 e. The Kier molecular flexibility index (Phi) is 6.89. The number of rotatable bonds is 7. The Hall–Kier alpha value is -3.31. The van der Waals surface area contributed by atoms with Gasteiger partial charge in [-0.1, -0.05) is 18.2 Å². The van der Waals surface area contributed by atoms with Crippen LogP contribution in [0.3, 0.4) is 0 Å². The molecule has 0 aliphatic carbocycles. The smallest absolute Gasteiger partial charge is 0.267 e. The number of nitrogens with zero attached hydrogens (tertiary/aromatic N) is 4. The van der Waals surface area contributed by atoms with E-state index in [9.17, 15) is 18.0 Å². The molecule has 192 valence electrons. The predicted octanol–water partition coefficient (Wildman–Crippen LogP) is 2.36. The molecule has 1 saturated heterocycles. The molecule has 11 heteroatoms. The van der Waals surface area contributed by atoms with Crippen LogP contribution in [0.15, 0.2) is 24.3 Å². The number of aromatic nitrogens is 3. The molecule has 4 rings (SSSR count). The van der Waals surface area contributed by atoms with Crippen molar-refractivity contribution in [2.24, 2.45) is 17.4 Å². The summed E-state index contributed by atoms with van der Waals surface area (Å²) in [6, 6.07) is 6.98. The van der Waals surface area contributed by atoms with Gasteiger partial charge in [-0.05, 0) is 52.5 Å². The van der Waals surface area contributed by atoms with Gasteiger partial charge in [-0.3, -0.25) is 14.3 Å². The number of pyridine rings is 1. The molecule has 0 saturated carbocycles. The second-order valence-corrected chi connectivity index (χ2v) is 12.1. The van der Waals surface area contributed by atoms with E-state index >= 15 is 0 Å².